The summed E-state index contributed by atoms with van der Waals surface area (Å²) in [5.41, 5.74) is 4.42. The second-order valence-electron chi connectivity index (χ2n) is 8.49. The van der Waals surface area contributed by atoms with E-state index in [4.69, 9.17) is 24.5 Å². The number of non-ortho nitro benzene ring substituents is 1. The van der Waals surface area contributed by atoms with Gasteiger partial charge in [0.15, 0.2) is 28.1 Å². The lowest BCUT2D eigenvalue weighted by Crippen LogP contribution is -2.06. The average molecular weight is 520 g/mol. The second-order valence-corrected chi connectivity index (χ2v) is 9.44. The van der Waals surface area contributed by atoms with Crippen molar-refractivity contribution in [2.45, 2.75) is 37.7 Å². The van der Waals surface area contributed by atoms with Crippen LogP contribution in [0.3, 0.4) is 0 Å². The van der Waals surface area contributed by atoms with Crippen LogP contribution in [0.25, 0.3) is 16.6 Å². The van der Waals surface area contributed by atoms with Gasteiger partial charge in [0.2, 0.25) is 0 Å². The third-order valence-corrected chi connectivity index (χ3v) is 6.96. The van der Waals surface area contributed by atoms with Crippen molar-refractivity contribution in [2.24, 2.45) is 0 Å². The SMILES string of the molecule is COc1cc2nc(SCc3ccc([N+](=O)[O-])cc3)n3nc(CCn4nc(C)cc4C)nc3c2cc1OC. The number of aromatic nitrogens is 6. The van der Waals surface area contributed by atoms with E-state index in [0.29, 0.717) is 52.4 Å². The first kappa shape index (κ1) is 24.5. The van der Waals surface area contributed by atoms with E-state index in [9.17, 15) is 10.1 Å². The number of thioether (sulfide) groups is 1. The molecule has 0 radical (unpaired) electrons. The van der Waals surface area contributed by atoms with Crippen LogP contribution in [0.4, 0.5) is 5.69 Å². The highest BCUT2D eigenvalue weighted by atomic mass is 32.2. The lowest BCUT2D eigenvalue weighted by molar-refractivity contribution is -0.384. The van der Waals surface area contributed by atoms with Gasteiger partial charge in [-0.1, -0.05) is 23.9 Å². The van der Waals surface area contributed by atoms with Gasteiger partial charge in [-0.25, -0.2) is 9.97 Å². The molecule has 37 heavy (non-hydrogen) atoms. The largest absolute Gasteiger partial charge is 0.493 e. The molecule has 0 spiro atoms. The molecule has 0 aliphatic carbocycles. The van der Waals surface area contributed by atoms with Gasteiger partial charge in [0, 0.05) is 48.0 Å². The van der Waals surface area contributed by atoms with Gasteiger partial charge >= 0.3 is 0 Å². The number of aryl methyl sites for hydroxylation is 4. The van der Waals surface area contributed by atoms with Crippen molar-refractivity contribution < 1.29 is 14.4 Å². The fourth-order valence-corrected chi connectivity index (χ4v) is 5.02. The molecule has 0 N–H and O–H groups in total. The van der Waals surface area contributed by atoms with Crippen molar-refractivity contribution in [1.29, 1.82) is 0 Å². The standard InChI is InChI=1S/C25H25N7O4S/c1-15-11-16(2)30(28-15)10-9-23-27-24-19-12-21(35-3)22(36-4)13-20(19)26-25(31(24)29-23)37-14-17-5-7-18(8-6-17)32(33)34/h5-8,11-13H,9-10,14H2,1-4H3. The van der Waals surface area contributed by atoms with Crippen molar-refractivity contribution in [3.63, 3.8) is 0 Å². The molecule has 5 aromatic rings. The number of hydrogen-bond donors (Lipinski definition) is 0. The van der Waals surface area contributed by atoms with Gasteiger partial charge < -0.3 is 9.47 Å². The van der Waals surface area contributed by atoms with Gasteiger partial charge in [0.05, 0.1) is 30.4 Å². The van der Waals surface area contributed by atoms with Crippen LogP contribution in [-0.2, 0) is 18.7 Å². The summed E-state index contributed by atoms with van der Waals surface area (Å²) >= 11 is 1.48. The summed E-state index contributed by atoms with van der Waals surface area (Å²) in [6, 6.07) is 12.2. The Balaban J connectivity index is 1.53. The highest BCUT2D eigenvalue weighted by molar-refractivity contribution is 7.98. The molecular formula is C25H25N7O4S. The van der Waals surface area contributed by atoms with Crippen molar-refractivity contribution in [1.82, 2.24) is 29.4 Å². The van der Waals surface area contributed by atoms with E-state index in [1.54, 1.807) is 30.9 Å². The quantitative estimate of drug-likeness (QED) is 0.119. The number of benzene rings is 2. The zero-order valence-electron chi connectivity index (χ0n) is 20.8. The number of nitro benzene ring substituents is 1. The Hall–Kier alpha value is -4.19. The van der Waals surface area contributed by atoms with E-state index in [1.807, 2.05) is 36.7 Å². The third-order valence-electron chi connectivity index (χ3n) is 5.96. The summed E-state index contributed by atoms with van der Waals surface area (Å²) in [6.45, 7) is 4.66. The molecule has 11 nitrogen and oxygen atoms in total. The Bertz CT molecular complexity index is 1610. The van der Waals surface area contributed by atoms with Gasteiger partial charge in [-0.15, -0.1) is 5.10 Å². The predicted octanol–water partition coefficient (Wildman–Crippen LogP) is 4.55. The Labute approximate surface area is 216 Å². The van der Waals surface area contributed by atoms with Crippen molar-refractivity contribution >= 4 is 34.0 Å². The molecular weight excluding hydrogens is 494 g/mol. The highest BCUT2D eigenvalue weighted by Gasteiger charge is 2.18. The van der Waals surface area contributed by atoms with Crippen LogP contribution in [0, 0.1) is 24.0 Å². The van der Waals surface area contributed by atoms with Crippen molar-refractivity contribution in [3.8, 4) is 11.5 Å². The zero-order valence-corrected chi connectivity index (χ0v) is 21.7. The number of fused-ring (bicyclic) bond motifs is 3. The van der Waals surface area contributed by atoms with Crippen LogP contribution >= 0.6 is 11.8 Å². The Kier molecular flexibility index (Phi) is 6.66. The molecule has 0 aliphatic rings. The zero-order chi connectivity index (χ0) is 26.1. The Morgan fingerprint density at radius 1 is 1.00 bits per heavy atom. The first-order valence-electron chi connectivity index (χ1n) is 11.5. The molecule has 0 amide bonds. The van der Waals surface area contributed by atoms with E-state index in [2.05, 4.69) is 5.10 Å². The summed E-state index contributed by atoms with van der Waals surface area (Å²) in [5.74, 6) is 2.38. The molecule has 0 aliphatic heterocycles. The van der Waals surface area contributed by atoms with Crippen LogP contribution in [0.2, 0.25) is 0 Å². The molecule has 12 heteroatoms. The smallest absolute Gasteiger partial charge is 0.269 e. The molecule has 0 bridgehead atoms. The average Bonchev–Trinajstić information content (AvgIpc) is 3.47. The van der Waals surface area contributed by atoms with E-state index < -0.39 is 4.92 Å². The van der Waals surface area contributed by atoms with Gasteiger partial charge in [-0.2, -0.15) is 9.61 Å². The maximum absolute atomic E-state index is 11.0. The predicted molar refractivity (Wildman–Crippen MR) is 139 cm³/mol. The number of rotatable bonds is 9. The molecule has 190 valence electrons. The molecule has 0 unspecified atom stereocenters. The van der Waals surface area contributed by atoms with Crippen LogP contribution in [0.5, 0.6) is 11.5 Å². The van der Waals surface area contributed by atoms with E-state index in [-0.39, 0.29) is 5.69 Å². The van der Waals surface area contributed by atoms with E-state index in [0.717, 1.165) is 22.3 Å². The van der Waals surface area contributed by atoms with Crippen LogP contribution in [0.1, 0.15) is 22.8 Å². The van der Waals surface area contributed by atoms with Crippen LogP contribution in [-0.4, -0.2) is 48.5 Å². The van der Waals surface area contributed by atoms with Crippen molar-refractivity contribution in [2.75, 3.05) is 14.2 Å². The lowest BCUT2D eigenvalue weighted by Gasteiger charge is -2.11. The molecule has 0 atom stereocenters. The minimum absolute atomic E-state index is 0.0598. The second kappa shape index (κ2) is 10.1. The number of nitrogens with zero attached hydrogens (tertiary/aromatic N) is 7. The van der Waals surface area contributed by atoms with Gasteiger partial charge in [0.25, 0.3) is 5.69 Å². The molecule has 5 rings (SSSR count). The number of methoxy groups -OCH3 is 2. The maximum Gasteiger partial charge on any atom is 0.269 e. The topological polar surface area (TPSA) is 123 Å². The van der Waals surface area contributed by atoms with Crippen LogP contribution in [0.15, 0.2) is 47.6 Å². The molecule has 3 aromatic heterocycles. The first-order chi connectivity index (χ1) is 17.9. The molecule has 0 fully saturated rings. The third kappa shape index (κ3) is 4.92. The summed E-state index contributed by atoms with van der Waals surface area (Å²) in [7, 11) is 3.17. The number of nitro groups is 1. The number of hydrogen-bond acceptors (Lipinski definition) is 9. The normalized spacial score (nSPS) is 11.4. The Morgan fingerprint density at radius 2 is 1.73 bits per heavy atom. The summed E-state index contributed by atoms with van der Waals surface area (Å²) in [4.78, 5) is 20.3. The highest BCUT2D eigenvalue weighted by Crippen LogP contribution is 2.35. The van der Waals surface area contributed by atoms with Gasteiger partial charge in [-0.3, -0.25) is 14.8 Å². The Morgan fingerprint density at radius 3 is 2.38 bits per heavy atom. The monoisotopic (exact) mass is 519 g/mol. The van der Waals surface area contributed by atoms with E-state index >= 15 is 0 Å². The summed E-state index contributed by atoms with van der Waals surface area (Å²) < 4.78 is 14.7. The van der Waals surface area contributed by atoms with E-state index in [1.165, 1.54) is 23.9 Å². The summed E-state index contributed by atoms with van der Waals surface area (Å²) in [6.07, 6.45) is 0.602. The minimum atomic E-state index is -0.407. The van der Waals surface area contributed by atoms with Crippen molar-refractivity contribution in [3.05, 3.63) is 75.4 Å². The fourth-order valence-electron chi connectivity index (χ4n) is 4.12. The maximum atomic E-state index is 11.0. The minimum Gasteiger partial charge on any atom is -0.493 e. The fraction of sp³-hybridized carbons (Fsp3) is 0.280. The molecule has 0 saturated heterocycles. The van der Waals surface area contributed by atoms with Gasteiger partial charge in [0.1, 0.15) is 0 Å². The summed E-state index contributed by atoms with van der Waals surface area (Å²) in [5, 5.41) is 21.7. The molecule has 2 aromatic carbocycles. The van der Waals surface area contributed by atoms with Gasteiger partial charge in [-0.05, 0) is 31.5 Å². The number of ether oxygens (including phenoxy) is 2. The molecule has 0 saturated carbocycles. The molecule has 3 heterocycles. The lowest BCUT2D eigenvalue weighted by atomic mass is 10.2. The first-order valence-corrected chi connectivity index (χ1v) is 12.5. The van der Waals surface area contributed by atoms with Crippen LogP contribution < -0.4 is 9.47 Å².